The van der Waals surface area contributed by atoms with Crippen LogP contribution in [0.15, 0.2) is 0 Å². The minimum absolute atomic E-state index is 0.264. The monoisotopic (exact) mass is 278 g/mol. The number of carbonyl (C=O) groups is 1. The molecule has 1 saturated heterocycles. The second-order valence-electron chi connectivity index (χ2n) is 7.35. The van der Waals surface area contributed by atoms with Crippen LogP contribution in [0.25, 0.3) is 0 Å². The van der Waals surface area contributed by atoms with Gasteiger partial charge in [0.15, 0.2) is 0 Å². The van der Waals surface area contributed by atoms with Crippen LogP contribution in [0.5, 0.6) is 0 Å². The predicted octanol–water partition coefficient (Wildman–Crippen LogP) is 2.93. The van der Waals surface area contributed by atoms with Crippen LogP contribution >= 0.6 is 0 Å². The quantitative estimate of drug-likeness (QED) is 0.844. The maximum Gasteiger partial charge on any atom is 0.222 e. The fraction of sp³-hybridized carbons (Fsp3) is 0.941. The highest BCUT2D eigenvalue weighted by Gasteiger charge is 2.34. The molecule has 3 aliphatic rings. The lowest BCUT2D eigenvalue weighted by atomic mass is 9.75. The molecule has 4 unspecified atom stereocenters. The number of nitrogens with two attached hydrogens (primary N) is 1. The Morgan fingerprint density at radius 3 is 2.45 bits per heavy atom. The van der Waals surface area contributed by atoms with E-state index in [0.29, 0.717) is 18.2 Å². The Bertz CT molecular complexity index is 344. The molecule has 1 heterocycles. The molecule has 3 heteroatoms. The maximum absolute atomic E-state index is 12.6. The van der Waals surface area contributed by atoms with Gasteiger partial charge in [0.2, 0.25) is 5.91 Å². The van der Waals surface area contributed by atoms with Crippen molar-refractivity contribution in [1.82, 2.24) is 4.90 Å². The molecule has 0 bridgehead atoms. The molecule has 0 radical (unpaired) electrons. The third-order valence-electron chi connectivity index (χ3n) is 6.05. The Morgan fingerprint density at radius 2 is 1.65 bits per heavy atom. The van der Waals surface area contributed by atoms with Crippen LogP contribution in [0.4, 0.5) is 0 Å². The SMILES string of the molecule is NC1CCCCC1CC(=O)N1CCC2CCCCC2C1. The van der Waals surface area contributed by atoms with Crippen molar-refractivity contribution in [3.8, 4) is 0 Å². The van der Waals surface area contributed by atoms with E-state index < -0.39 is 0 Å². The summed E-state index contributed by atoms with van der Waals surface area (Å²) in [6, 6.07) is 0.264. The number of fused-ring (bicyclic) bond motifs is 1. The van der Waals surface area contributed by atoms with Gasteiger partial charge in [0.25, 0.3) is 0 Å². The molecule has 3 fully saturated rings. The van der Waals surface area contributed by atoms with E-state index >= 15 is 0 Å². The van der Waals surface area contributed by atoms with Gasteiger partial charge in [0.1, 0.15) is 0 Å². The first-order valence-corrected chi connectivity index (χ1v) is 8.77. The standard InChI is InChI=1S/C17H30N2O/c18-16-8-4-3-6-14(16)11-17(20)19-10-9-13-5-1-2-7-15(13)12-19/h13-16H,1-12,18H2. The van der Waals surface area contributed by atoms with E-state index in [1.54, 1.807) is 0 Å². The van der Waals surface area contributed by atoms with E-state index in [0.717, 1.165) is 37.8 Å². The molecule has 4 atom stereocenters. The van der Waals surface area contributed by atoms with Crippen LogP contribution in [0.3, 0.4) is 0 Å². The van der Waals surface area contributed by atoms with Gasteiger partial charge < -0.3 is 10.6 Å². The number of amides is 1. The molecule has 0 aromatic heterocycles. The van der Waals surface area contributed by atoms with Crippen molar-refractivity contribution in [2.75, 3.05) is 13.1 Å². The summed E-state index contributed by atoms with van der Waals surface area (Å²) in [5.41, 5.74) is 6.19. The summed E-state index contributed by atoms with van der Waals surface area (Å²) >= 11 is 0. The summed E-state index contributed by atoms with van der Waals surface area (Å²) in [5.74, 6) is 2.53. The van der Waals surface area contributed by atoms with E-state index in [4.69, 9.17) is 5.73 Å². The zero-order valence-electron chi connectivity index (χ0n) is 12.7. The third-order valence-corrected chi connectivity index (χ3v) is 6.05. The summed E-state index contributed by atoms with van der Waals surface area (Å²) in [7, 11) is 0. The Labute approximate surface area is 123 Å². The van der Waals surface area contributed by atoms with E-state index in [2.05, 4.69) is 4.90 Å². The number of carbonyl (C=O) groups excluding carboxylic acids is 1. The zero-order valence-corrected chi connectivity index (χ0v) is 12.7. The topological polar surface area (TPSA) is 46.3 Å². The van der Waals surface area contributed by atoms with Crippen molar-refractivity contribution in [3.05, 3.63) is 0 Å². The van der Waals surface area contributed by atoms with Crippen LogP contribution in [0.2, 0.25) is 0 Å². The Hall–Kier alpha value is -0.570. The number of likely N-dealkylation sites (tertiary alicyclic amines) is 1. The van der Waals surface area contributed by atoms with Crippen molar-refractivity contribution in [2.45, 2.75) is 70.3 Å². The molecule has 1 amide bonds. The first-order valence-electron chi connectivity index (χ1n) is 8.77. The number of piperidine rings is 1. The van der Waals surface area contributed by atoms with E-state index in [9.17, 15) is 4.79 Å². The fourth-order valence-corrected chi connectivity index (χ4v) is 4.67. The normalized spacial score (nSPS) is 38.4. The lowest BCUT2D eigenvalue weighted by Gasteiger charge is -2.42. The average Bonchev–Trinajstić information content (AvgIpc) is 2.49. The van der Waals surface area contributed by atoms with Crippen molar-refractivity contribution in [1.29, 1.82) is 0 Å². The molecule has 20 heavy (non-hydrogen) atoms. The van der Waals surface area contributed by atoms with Gasteiger partial charge in [0, 0.05) is 25.6 Å². The van der Waals surface area contributed by atoms with Crippen LogP contribution in [0, 0.1) is 17.8 Å². The van der Waals surface area contributed by atoms with Crippen molar-refractivity contribution >= 4 is 5.91 Å². The largest absolute Gasteiger partial charge is 0.342 e. The summed E-state index contributed by atoms with van der Waals surface area (Å²) in [6.45, 7) is 2.04. The summed E-state index contributed by atoms with van der Waals surface area (Å²) < 4.78 is 0. The molecule has 3 nitrogen and oxygen atoms in total. The maximum atomic E-state index is 12.6. The minimum Gasteiger partial charge on any atom is -0.342 e. The van der Waals surface area contributed by atoms with Gasteiger partial charge in [-0.1, -0.05) is 32.1 Å². The van der Waals surface area contributed by atoms with Crippen LogP contribution in [-0.4, -0.2) is 29.9 Å². The van der Waals surface area contributed by atoms with E-state index in [-0.39, 0.29) is 6.04 Å². The van der Waals surface area contributed by atoms with Crippen molar-refractivity contribution in [3.63, 3.8) is 0 Å². The molecule has 3 rings (SSSR count). The molecule has 2 saturated carbocycles. The number of hydrogen-bond donors (Lipinski definition) is 1. The molecule has 2 N–H and O–H groups in total. The molecule has 0 aromatic carbocycles. The van der Waals surface area contributed by atoms with Gasteiger partial charge in [-0.2, -0.15) is 0 Å². The number of nitrogens with zero attached hydrogens (tertiary/aromatic N) is 1. The van der Waals surface area contributed by atoms with Crippen LogP contribution in [-0.2, 0) is 4.79 Å². The molecular weight excluding hydrogens is 248 g/mol. The fourth-order valence-electron chi connectivity index (χ4n) is 4.67. The summed E-state index contributed by atoms with van der Waals surface area (Å²) in [6.07, 6.45) is 12.3. The summed E-state index contributed by atoms with van der Waals surface area (Å²) in [5, 5.41) is 0. The number of rotatable bonds is 2. The van der Waals surface area contributed by atoms with Gasteiger partial charge in [-0.15, -0.1) is 0 Å². The van der Waals surface area contributed by atoms with Crippen LogP contribution in [0.1, 0.15) is 64.2 Å². The average molecular weight is 278 g/mol. The first-order chi connectivity index (χ1) is 9.74. The number of hydrogen-bond acceptors (Lipinski definition) is 2. The second kappa shape index (κ2) is 6.46. The lowest BCUT2D eigenvalue weighted by Crippen LogP contribution is -2.46. The Kier molecular flexibility index (Phi) is 4.65. The Balaban J connectivity index is 1.52. The highest BCUT2D eigenvalue weighted by molar-refractivity contribution is 5.76. The second-order valence-corrected chi connectivity index (χ2v) is 7.35. The smallest absolute Gasteiger partial charge is 0.222 e. The Morgan fingerprint density at radius 1 is 0.950 bits per heavy atom. The van der Waals surface area contributed by atoms with Crippen LogP contribution < -0.4 is 5.73 Å². The predicted molar refractivity (Wildman–Crippen MR) is 81.2 cm³/mol. The zero-order chi connectivity index (χ0) is 13.9. The minimum atomic E-state index is 0.264. The summed E-state index contributed by atoms with van der Waals surface area (Å²) in [4.78, 5) is 14.7. The highest BCUT2D eigenvalue weighted by Crippen LogP contribution is 2.36. The van der Waals surface area contributed by atoms with Gasteiger partial charge >= 0.3 is 0 Å². The van der Waals surface area contributed by atoms with Gasteiger partial charge in [-0.25, -0.2) is 0 Å². The van der Waals surface area contributed by atoms with Crippen molar-refractivity contribution < 1.29 is 4.79 Å². The first kappa shape index (κ1) is 14.4. The van der Waals surface area contributed by atoms with Gasteiger partial charge in [-0.05, 0) is 43.4 Å². The molecule has 0 spiro atoms. The van der Waals surface area contributed by atoms with Crippen molar-refractivity contribution in [2.24, 2.45) is 23.5 Å². The third kappa shape index (κ3) is 3.19. The van der Waals surface area contributed by atoms with Gasteiger partial charge in [-0.3, -0.25) is 4.79 Å². The molecule has 1 aliphatic heterocycles. The molecular formula is C17H30N2O. The molecule has 0 aromatic rings. The van der Waals surface area contributed by atoms with E-state index in [1.807, 2.05) is 0 Å². The highest BCUT2D eigenvalue weighted by atomic mass is 16.2. The van der Waals surface area contributed by atoms with Gasteiger partial charge in [0.05, 0.1) is 0 Å². The molecule has 2 aliphatic carbocycles. The molecule has 114 valence electrons. The lowest BCUT2D eigenvalue weighted by molar-refractivity contribution is -0.135. The van der Waals surface area contributed by atoms with E-state index in [1.165, 1.54) is 44.9 Å².